The summed E-state index contributed by atoms with van der Waals surface area (Å²) in [6.07, 6.45) is 5.74. The number of ether oxygens (including phenoxy) is 1. The van der Waals surface area contributed by atoms with Crippen LogP contribution in [0.2, 0.25) is 0 Å². The number of fused-ring (bicyclic) bond motifs is 1. The van der Waals surface area contributed by atoms with E-state index in [4.69, 9.17) is 4.74 Å². The Hall–Kier alpha value is -1.36. The molecule has 1 aliphatic rings. The van der Waals surface area contributed by atoms with Crippen molar-refractivity contribution in [1.29, 1.82) is 0 Å². The van der Waals surface area contributed by atoms with Gasteiger partial charge >= 0.3 is 5.97 Å². The third-order valence-corrected chi connectivity index (χ3v) is 5.36. The number of amides is 1. The van der Waals surface area contributed by atoms with Crippen LogP contribution in [-0.2, 0) is 22.4 Å². The summed E-state index contributed by atoms with van der Waals surface area (Å²) in [6.45, 7) is 4.02. The largest absolute Gasteiger partial charge is 0.465 e. The molecule has 1 N–H and O–H groups in total. The minimum atomic E-state index is -0.339. The van der Waals surface area contributed by atoms with E-state index in [0.717, 1.165) is 44.1 Å². The van der Waals surface area contributed by atoms with Crippen molar-refractivity contribution in [1.82, 2.24) is 0 Å². The highest BCUT2D eigenvalue weighted by molar-refractivity contribution is 7.17. The Morgan fingerprint density at radius 2 is 1.90 bits per heavy atom. The molecule has 0 spiro atoms. The van der Waals surface area contributed by atoms with Crippen LogP contribution in [0.25, 0.3) is 0 Å². The molecule has 5 heteroatoms. The van der Waals surface area contributed by atoms with Gasteiger partial charge in [-0.25, -0.2) is 4.79 Å². The van der Waals surface area contributed by atoms with Gasteiger partial charge in [0.25, 0.3) is 0 Å². The number of carbonyl (C=O) groups excluding carboxylic acids is 2. The highest BCUT2D eigenvalue weighted by atomic mass is 32.1. The maximum absolute atomic E-state index is 12.3. The van der Waals surface area contributed by atoms with Crippen LogP contribution in [0.5, 0.6) is 0 Å². The van der Waals surface area contributed by atoms with Crippen molar-refractivity contribution < 1.29 is 14.3 Å². The Morgan fingerprint density at radius 3 is 2.52 bits per heavy atom. The lowest BCUT2D eigenvalue weighted by Gasteiger charge is -2.13. The normalized spacial score (nSPS) is 13.9. The molecular formula is C16H23NO3S. The zero-order valence-corrected chi connectivity index (χ0v) is 13.8. The van der Waals surface area contributed by atoms with Gasteiger partial charge in [0.15, 0.2) is 0 Å². The maximum Gasteiger partial charge on any atom is 0.341 e. The van der Waals surface area contributed by atoms with Crippen LogP contribution in [0, 0.1) is 5.92 Å². The van der Waals surface area contributed by atoms with Crippen LogP contribution in [0.3, 0.4) is 0 Å². The van der Waals surface area contributed by atoms with Crippen molar-refractivity contribution in [3.05, 3.63) is 16.0 Å². The van der Waals surface area contributed by atoms with Crippen molar-refractivity contribution >= 4 is 28.2 Å². The van der Waals surface area contributed by atoms with Crippen molar-refractivity contribution in [3.8, 4) is 0 Å². The standard InChI is InChI=1S/C16H23NO3S/c1-4-10(5-2)14(18)17-15-13(16(19)20-3)11-8-6-7-9-12(11)21-15/h10H,4-9H2,1-3H3,(H,17,18). The summed E-state index contributed by atoms with van der Waals surface area (Å²) in [4.78, 5) is 25.6. The summed E-state index contributed by atoms with van der Waals surface area (Å²) in [5.41, 5.74) is 1.66. The molecule has 0 saturated carbocycles. The summed E-state index contributed by atoms with van der Waals surface area (Å²) in [6, 6.07) is 0. The number of hydrogen-bond acceptors (Lipinski definition) is 4. The summed E-state index contributed by atoms with van der Waals surface area (Å²) in [5, 5.41) is 3.64. The molecule has 0 fully saturated rings. The fourth-order valence-corrected chi connectivity index (χ4v) is 4.13. The van der Waals surface area contributed by atoms with Crippen LogP contribution in [0.4, 0.5) is 5.00 Å². The molecule has 1 aliphatic carbocycles. The van der Waals surface area contributed by atoms with Crippen molar-refractivity contribution in [3.63, 3.8) is 0 Å². The smallest absolute Gasteiger partial charge is 0.341 e. The second kappa shape index (κ2) is 7.07. The first-order valence-electron chi connectivity index (χ1n) is 7.66. The van der Waals surface area contributed by atoms with E-state index in [1.807, 2.05) is 13.8 Å². The molecule has 0 saturated heterocycles. The molecule has 0 bridgehead atoms. The molecule has 0 aliphatic heterocycles. The van der Waals surface area contributed by atoms with E-state index >= 15 is 0 Å². The van der Waals surface area contributed by atoms with Crippen LogP contribution < -0.4 is 5.32 Å². The Bertz CT molecular complexity index is 532. The molecule has 0 radical (unpaired) electrons. The van der Waals surface area contributed by atoms with E-state index in [1.54, 1.807) is 0 Å². The summed E-state index contributed by atoms with van der Waals surface area (Å²) >= 11 is 1.54. The molecule has 0 aromatic carbocycles. The number of nitrogens with one attached hydrogen (secondary N) is 1. The first kappa shape index (κ1) is 16.0. The summed E-state index contributed by atoms with van der Waals surface area (Å²) in [7, 11) is 1.39. The zero-order valence-electron chi connectivity index (χ0n) is 13.0. The third kappa shape index (κ3) is 3.28. The Labute approximate surface area is 129 Å². The van der Waals surface area contributed by atoms with Crippen molar-refractivity contribution in [2.75, 3.05) is 12.4 Å². The molecule has 1 amide bonds. The van der Waals surface area contributed by atoms with E-state index < -0.39 is 0 Å². The van der Waals surface area contributed by atoms with Gasteiger partial charge in [0.1, 0.15) is 5.00 Å². The number of carbonyl (C=O) groups is 2. The first-order chi connectivity index (χ1) is 10.1. The van der Waals surface area contributed by atoms with Gasteiger partial charge in [0.05, 0.1) is 12.7 Å². The molecule has 0 unspecified atom stereocenters. The average molecular weight is 309 g/mol. The first-order valence-corrected chi connectivity index (χ1v) is 8.47. The highest BCUT2D eigenvalue weighted by Crippen LogP contribution is 2.38. The lowest BCUT2D eigenvalue weighted by Crippen LogP contribution is -2.22. The van der Waals surface area contributed by atoms with Gasteiger partial charge in [-0.3, -0.25) is 4.79 Å². The third-order valence-electron chi connectivity index (χ3n) is 4.15. The maximum atomic E-state index is 12.3. The molecule has 1 heterocycles. The predicted octanol–water partition coefficient (Wildman–Crippen LogP) is 3.79. The Balaban J connectivity index is 2.32. The Kier molecular flexibility index (Phi) is 5.39. The number of rotatable bonds is 5. The number of methoxy groups -OCH3 is 1. The number of thiophene rings is 1. The quantitative estimate of drug-likeness (QED) is 0.842. The monoisotopic (exact) mass is 309 g/mol. The molecule has 4 nitrogen and oxygen atoms in total. The van der Waals surface area contributed by atoms with Crippen molar-refractivity contribution in [2.24, 2.45) is 5.92 Å². The molecule has 1 aromatic rings. The molecular weight excluding hydrogens is 286 g/mol. The lowest BCUT2D eigenvalue weighted by molar-refractivity contribution is -0.120. The summed E-state index contributed by atoms with van der Waals surface area (Å²) < 4.78 is 4.91. The molecule has 116 valence electrons. The average Bonchev–Trinajstić information content (AvgIpc) is 2.85. The molecule has 21 heavy (non-hydrogen) atoms. The van der Waals surface area contributed by atoms with E-state index in [-0.39, 0.29) is 17.8 Å². The fourth-order valence-electron chi connectivity index (χ4n) is 2.85. The molecule has 1 aromatic heterocycles. The number of aryl methyl sites for hydroxylation is 1. The van der Waals surface area contributed by atoms with Crippen LogP contribution in [0.15, 0.2) is 0 Å². The van der Waals surface area contributed by atoms with Gasteiger partial charge in [-0.1, -0.05) is 13.8 Å². The van der Waals surface area contributed by atoms with Gasteiger partial charge in [0.2, 0.25) is 5.91 Å². The van der Waals surface area contributed by atoms with E-state index in [0.29, 0.717) is 10.6 Å². The van der Waals surface area contributed by atoms with Crippen LogP contribution in [-0.4, -0.2) is 19.0 Å². The second-order valence-corrected chi connectivity index (χ2v) is 6.51. The van der Waals surface area contributed by atoms with E-state index in [9.17, 15) is 9.59 Å². The minimum absolute atomic E-state index is 0.00347. The van der Waals surface area contributed by atoms with Gasteiger partial charge in [-0.05, 0) is 44.1 Å². The fraction of sp³-hybridized carbons (Fsp3) is 0.625. The van der Waals surface area contributed by atoms with Gasteiger partial charge in [-0.15, -0.1) is 11.3 Å². The second-order valence-electron chi connectivity index (χ2n) is 5.41. The summed E-state index contributed by atoms with van der Waals surface area (Å²) in [5.74, 6) is -0.340. The molecule has 2 rings (SSSR count). The number of esters is 1. The molecule has 0 atom stereocenters. The van der Waals surface area contributed by atoms with Crippen molar-refractivity contribution in [2.45, 2.75) is 52.4 Å². The van der Waals surface area contributed by atoms with Crippen LogP contribution in [0.1, 0.15) is 60.3 Å². The lowest BCUT2D eigenvalue weighted by atomic mass is 9.95. The van der Waals surface area contributed by atoms with E-state index in [1.165, 1.54) is 23.3 Å². The van der Waals surface area contributed by atoms with Gasteiger partial charge in [-0.2, -0.15) is 0 Å². The minimum Gasteiger partial charge on any atom is -0.465 e. The van der Waals surface area contributed by atoms with Gasteiger partial charge < -0.3 is 10.1 Å². The van der Waals surface area contributed by atoms with Gasteiger partial charge in [0, 0.05) is 10.8 Å². The SMILES string of the molecule is CCC(CC)C(=O)Nc1sc2c(c1C(=O)OC)CCCC2. The Morgan fingerprint density at radius 1 is 1.24 bits per heavy atom. The highest BCUT2D eigenvalue weighted by Gasteiger charge is 2.27. The van der Waals surface area contributed by atoms with Crippen LogP contribution >= 0.6 is 11.3 Å². The number of hydrogen-bond donors (Lipinski definition) is 1. The topological polar surface area (TPSA) is 55.4 Å². The zero-order chi connectivity index (χ0) is 15.4. The predicted molar refractivity (Wildman–Crippen MR) is 85.0 cm³/mol. The number of anilines is 1. The van der Waals surface area contributed by atoms with E-state index in [2.05, 4.69) is 5.32 Å².